The van der Waals surface area contributed by atoms with Crippen molar-refractivity contribution in [2.24, 2.45) is 0 Å². The standard InChI is InChI=1S/C17H17N3O4S/c1-24-12-7-6-9(8-11(12)20(22)23)15-18-16(21)14-10-4-2-3-5-13(10)25-17(14)19-15/h6-8,15,19H,2-5H2,1H3,(H,18,21). The van der Waals surface area contributed by atoms with Crippen LogP contribution in [0.15, 0.2) is 18.2 Å². The number of nitrogens with zero attached hydrogens (tertiary/aromatic N) is 1. The van der Waals surface area contributed by atoms with Crippen molar-refractivity contribution in [3.8, 4) is 5.75 Å². The molecule has 25 heavy (non-hydrogen) atoms. The summed E-state index contributed by atoms with van der Waals surface area (Å²) in [6.07, 6.45) is 3.72. The first-order valence-electron chi connectivity index (χ1n) is 8.12. The predicted molar refractivity (Wildman–Crippen MR) is 94.4 cm³/mol. The van der Waals surface area contributed by atoms with Crippen LogP contribution in [0.2, 0.25) is 0 Å². The molecule has 1 atom stereocenters. The van der Waals surface area contributed by atoms with Gasteiger partial charge in [0.2, 0.25) is 0 Å². The lowest BCUT2D eigenvalue weighted by Crippen LogP contribution is -2.38. The number of methoxy groups -OCH3 is 1. The molecule has 1 aromatic carbocycles. The average molecular weight is 359 g/mol. The Morgan fingerprint density at radius 3 is 2.84 bits per heavy atom. The molecule has 0 saturated heterocycles. The van der Waals surface area contributed by atoms with Crippen molar-refractivity contribution in [1.82, 2.24) is 5.32 Å². The Balaban J connectivity index is 1.70. The van der Waals surface area contributed by atoms with Gasteiger partial charge in [0.15, 0.2) is 5.75 Å². The number of benzene rings is 1. The fourth-order valence-corrected chi connectivity index (χ4v) is 4.79. The summed E-state index contributed by atoms with van der Waals surface area (Å²) in [6.45, 7) is 0. The second-order valence-electron chi connectivity index (χ2n) is 6.15. The molecule has 0 saturated carbocycles. The Kier molecular flexibility index (Phi) is 3.84. The molecule has 2 heterocycles. The molecular weight excluding hydrogens is 342 g/mol. The quantitative estimate of drug-likeness (QED) is 0.647. The van der Waals surface area contributed by atoms with Crippen molar-refractivity contribution in [3.05, 3.63) is 49.9 Å². The molecule has 1 aromatic heterocycles. The smallest absolute Gasteiger partial charge is 0.311 e. The van der Waals surface area contributed by atoms with Gasteiger partial charge in [-0.25, -0.2) is 0 Å². The first-order valence-corrected chi connectivity index (χ1v) is 8.94. The fourth-order valence-electron chi connectivity index (χ4n) is 3.47. The van der Waals surface area contributed by atoms with Crippen LogP contribution in [-0.4, -0.2) is 17.9 Å². The van der Waals surface area contributed by atoms with E-state index < -0.39 is 11.1 Å². The van der Waals surface area contributed by atoms with Crippen LogP contribution in [0.4, 0.5) is 10.7 Å². The highest BCUT2D eigenvalue weighted by Crippen LogP contribution is 2.42. The van der Waals surface area contributed by atoms with Gasteiger partial charge < -0.3 is 15.4 Å². The number of hydrogen-bond donors (Lipinski definition) is 2. The van der Waals surface area contributed by atoms with Gasteiger partial charge in [0.05, 0.1) is 17.6 Å². The summed E-state index contributed by atoms with van der Waals surface area (Å²) in [4.78, 5) is 24.7. The Labute approximate surface area is 148 Å². The number of hydrogen-bond acceptors (Lipinski definition) is 6. The van der Waals surface area contributed by atoms with Gasteiger partial charge in [0.25, 0.3) is 5.91 Å². The number of nitro groups is 1. The zero-order valence-corrected chi connectivity index (χ0v) is 14.4. The third kappa shape index (κ3) is 2.62. The number of carbonyl (C=O) groups excluding carboxylic acids is 1. The molecule has 1 unspecified atom stereocenters. The molecule has 1 amide bonds. The molecule has 0 bridgehead atoms. The molecule has 8 heteroatoms. The molecule has 0 fully saturated rings. The van der Waals surface area contributed by atoms with Crippen LogP contribution in [0.3, 0.4) is 0 Å². The molecule has 4 rings (SSSR count). The van der Waals surface area contributed by atoms with Crippen molar-refractivity contribution in [2.45, 2.75) is 31.8 Å². The lowest BCUT2D eigenvalue weighted by molar-refractivity contribution is -0.385. The maximum atomic E-state index is 12.6. The van der Waals surface area contributed by atoms with Crippen LogP contribution in [0.1, 0.15) is 45.4 Å². The molecule has 0 radical (unpaired) electrons. The first kappa shape index (κ1) is 15.9. The fraction of sp³-hybridized carbons (Fsp3) is 0.353. The van der Waals surface area contributed by atoms with Crippen molar-refractivity contribution >= 4 is 27.9 Å². The molecule has 1 aliphatic heterocycles. The van der Waals surface area contributed by atoms with Crippen molar-refractivity contribution in [3.63, 3.8) is 0 Å². The molecule has 2 N–H and O–H groups in total. The van der Waals surface area contributed by atoms with E-state index in [0.29, 0.717) is 5.56 Å². The van der Waals surface area contributed by atoms with E-state index in [9.17, 15) is 14.9 Å². The van der Waals surface area contributed by atoms with Gasteiger partial charge in [-0.3, -0.25) is 14.9 Å². The third-order valence-electron chi connectivity index (χ3n) is 4.68. The number of nitrogens with one attached hydrogen (secondary N) is 2. The summed E-state index contributed by atoms with van der Waals surface area (Å²) >= 11 is 1.63. The van der Waals surface area contributed by atoms with Crippen LogP contribution < -0.4 is 15.4 Å². The second kappa shape index (κ2) is 6.03. The van der Waals surface area contributed by atoms with E-state index >= 15 is 0 Å². The number of nitro benzene ring substituents is 1. The largest absolute Gasteiger partial charge is 0.490 e. The average Bonchev–Trinajstić information content (AvgIpc) is 2.99. The highest BCUT2D eigenvalue weighted by atomic mass is 32.1. The topological polar surface area (TPSA) is 93.5 Å². The van der Waals surface area contributed by atoms with Gasteiger partial charge in [0.1, 0.15) is 11.2 Å². The Morgan fingerprint density at radius 1 is 1.28 bits per heavy atom. The zero-order chi connectivity index (χ0) is 17.6. The molecule has 2 aromatic rings. The first-order chi connectivity index (χ1) is 12.1. The second-order valence-corrected chi connectivity index (χ2v) is 7.26. The van der Waals surface area contributed by atoms with Crippen LogP contribution >= 0.6 is 11.3 Å². The summed E-state index contributed by atoms with van der Waals surface area (Å²) in [5, 5.41) is 18.3. The molecule has 2 aliphatic rings. The minimum atomic E-state index is -0.496. The van der Waals surface area contributed by atoms with Crippen LogP contribution in [-0.2, 0) is 12.8 Å². The number of ether oxygens (including phenoxy) is 1. The minimum absolute atomic E-state index is 0.114. The molecular formula is C17H17N3O4S. The number of fused-ring (bicyclic) bond motifs is 3. The summed E-state index contributed by atoms with van der Waals surface area (Å²) in [5.74, 6) is 0.0831. The maximum Gasteiger partial charge on any atom is 0.311 e. The monoisotopic (exact) mass is 359 g/mol. The summed E-state index contributed by atoms with van der Waals surface area (Å²) in [5.41, 5.74) is 2.42. The van der Waals surface area contributed by atoms with Gasteiger partial charge in [-0.1, -0.05) is 6.07 Å². The Bertz CT molecular complexity index is 877. The van der Waals surface area contributed by atoms with Gasteiger partial charge >= 0.3 is 5.69 Å². The van der Waals surface area contributed by atoms with Crippen LogP contribution in [0.25, 0.3) is 0 Å². The third-order valence-corrected chi connectivity index (χ3v) is 5.91. The van der Waals surface area contributed by atoms with Gasteiger partial charge in [-0.05, 0) is 37.3 Å². The number of thiophene rings is 1. The molecule has 130 valence electrons. The molecule has 7 nitrogen and oxygen atoms in total. The number of amides is 1. The van der Waals surface area contributed by atoms with E-state index in [1.54, 1.807) is 23.5 Å². The van der Waals surface area contributed by atoms with E-state index in [1.807, 2.05) is 0 Å². The number of aryl methyl sites for hydroxylation is 1. The normalized spacial score (nSPS) is 18.6. The van der Waals surface area contributed by atoms with E-state index in [2.05, 4.69) is 10.6 Å². The summed E-state index contributed by atoms with van der Waals surface area (Å²) < 4.78 is 5.03. The SMILES string of the molecule is COc1ccc(C2NC(=O)c3c(sc4c3CCCC4)N2)cc1[N+](=O)[O-]. The van der Waals surface area contributed by atoms with E-state index in [0.717, 1.165) is 41.8 Å². The summed E-state index contributed by atoms with van der Waals surface area (Å²) in [7, 11) is 1.39. The van der Waals surface area contributed by atoms with Crippen molar-refractivity contribution < 1.29 is 14.5 Å². The van der Waals surface area contributed by atoms with Gasteiger partial charge in [0, 0.05) is 16.5 Å². The maximum absolute atomic E-state index is 12.6. The Hall–Kier alpha value is -2.61. The highest BCUT2D eigenvalue weighted by molar-refractivity contribution is 7.16. The lowest BCUT2D eigenvalue weighted by Gasteiger charge is -2.26. The van der Waals surface area contributed by atoms with Crippen LogP contribution in [0.5, 0.6) is 5.75 Å². The molecule has 1 aliphatic carbocycles. The minimum Gasteiger partial charge on any atom is -0.490 e. The molecule has 0 spiro atoms. The van der Waals surface area contributed by atoms with Gasteiger partial charge in [-0.2, -0.15) is 0 Å². The van der Waals surface area contributed by atoms with E-state index in [-0.39, 0.29) is 17.3 Å². The summed E-state index contributed by atoms with van der Waals surface area (Å²) in [6, 6.07) is 4.72. The van der Waals surface area contributed by atoms with E-state index in [4.69, 9.17) is 4.74 Å². The Morgan fingerprint density at radius 2 is 2.08 bits per heavy atom. The predicted octanol–water partition coefficient (Wildman–Crippen LogP) is 3.40. The van der Waals surface area contributed by atoms with Crippen molar-refractivity contribution in [1.29, 1.82) is 0 Å². The lowest BCUT2D eigenvalue weighted by atomic mass is 9.94. The zero-order valence-electron chi connectivity index (χ0n) is 13.6. The van der Waals surface area contributed by atoms with Gasteiger partial charge in [-0.15, -0.1) is 11.3 Å². The van der Waals surface area contributed by atoms with Crippen molar-refractivity contribution in [2.75, 3.05) is 12.4 Å². The number of anilines is 1. The van der Waals surface area contributed by atoms with E-state index in [1.165, 1.54) is 18.1 Å². The van der Waals surface area contributed by atoms with Crippen LogP contribution in [0, 0.1) is 10.1 Å². The highest BCUT2D eigenvalue weighted by Gasteiger charge is 2.32. The number of carbonyl (C=O) groups is 1. The number of rotatable bonds is 3.